The molecule has 0 aliphatic carbocycles. The van der Waals surface area contributed by atoms with Crippen LogP contribution in [0, 0.1) is 11.7 Å². The van der Waals surface area contributed by atoms with Crippen LogP contribution in [0.4, 0.5) is 10.1 Å². The molecule has 0 spiro atoms. The summed E-state index contributed by atoms with van der Waals surface area (Å²) < 4.78 is 13.1. The van der Waals surface area contributed by atoms with Gasteiger partial charge in [-0.05, 0) is 43.5 Å². The van der Waals surface area contributed by atoms with E-state index >= 15 is 0 Å². The number of hydrogen-bond acceptors (Lipinski definition) is 2. The maximum absolute atomic E-state index is 13.1. The summed E-state index contributed by atoms with van der Waals surface area (Å²) >= 11 is 6.17. The molecule has 0 bridgehead atoms. The molecule has 0 aromatic heterocycles. The summed E-state index contributed by atoms with van der Waals surface area (Å²) in [6, 6.07) is 5.14. The highest BCUT2D eigenvalue weighted by molar-refractivity contribution is 6.33. The van der Waals surface area contributed by atoms with Gasteiger partial charge in [0.15, 0.2) is 0 Å². The maximum Gasteiger partial charge on any atom is 0.124 e. The van der Waals surface area contributed by atoms with Crippen LogP contribution in [-0.2, 0) is 0 Å². The summed E-state index contributed by atoms with van der Waals surface area (Å²) in [6.45, 7) is 7.41. The highest BCUT2D eigenvalue weighted by Gasteiger charge is 2.20. The first-order valence-electron chi connectivity index (χ1n) is 6.99. The zero-order valence-corrected chi connectivity index (χ0v) is 12.4. The van der Waals surface area contributed by atoms with Crippen molar-refractivity contribution in [1.82, 2.24) is 5.32 Å². The van der Waals surface area contributed by atoms with E-state index < -0.39 is 0 Å². The molecule has 1 aromatic rings. The minimum absolute atomic E-state index is 0.277. The number of nitrogens with zero attached hydrogens (tertiary/aromatic N) is 1. The highest BCUT2D eigenvalue weighted by atomic mass is 35.5. The Labute approximate surface area is 119 Å². The fraction of sp³-hybridized carbons (Fsp3) is 0.600. The van der Waals surface area contributed by atoms with Gasteiger partial charge in [-0.3, -0.25) is 0 Å². The van der Waals surface area contributed by atoms with Crippen molar-refractivity contribution in [3.05, 3.63) is 29.0 Å². The topological polar surface area (TPSA) is 15.3 Å². The van der Waals surface area contributed by atoms with E-state index in [2.05, 4.69) is 24.1 Å². The van der Waals surface area contributed by atoms with E-state index in [0.717, 1.165) is 38.2 Å². The molecule has 4 heteroatoms. The molecular formula is C15H22ClFN2. The lowest BCUT2D eigenvalue weighted by Gasteiger charge is -2.28. The molecule has 1 atom stereocenters. The van der Waals surface area contributed by atoms with Gasteiger partial charge >= 0.3 is 0 Å². The van der Waals surface area contributed by atoms with Crippen LogP contribution in [0.1, 0.15) is 26.7 Å². The third kappa shape index (κ3) is 4.08. The number of hydrogen-bond donors (Lipinski definition) is 1. The van der Waals surface area contributed by atoms with Gasteiger partial charge in [-0.25, -0.2) is 4.39 Å². The van der Waals surface area contributed by atoms with Crippen molar-refractivity contribution in [2.45, 2.75) is 32.7 Å². The zero-order chi connectivity index (χ0) is 13.8. The average molecular weight is 285 g/mol. The van der Waals surface area contributed by atoms with Gasteiger partial charge in [0, 0.05) is 19.1 Å². The van der Waals surface area contributed by atoms with Crippen molar-refractivity contribution in [3.8, 4) is 0 Å². The molecule has 1 N–H and O–H groups in total. The molecule has 1 fully saturated rings. The number of nitrogens with one attached hydrogen (secondary N) is 1. The normalized spacial score (nSPS) is 20.7. The lowest BCUT2D eigenvalue weighted by atomic mass is 10.0. The standard InChI is InChI=1S/C15H22ClFN2/c1-11(2)8-13-10-19(7-3-6-18-13)15-5-4-12(17)9-14(15)16/h4-5,9,11,13,18H,3,6-8,10H2,1-2H3. The molecule has 1 aromatic carbocycles. The maximum atomic E-state index is 13.1. The lowest BCUT2D eigenvalue weighted by Crippen LogP contribution is -2.38. The molecular weight excluding hydrogens is 263 g/mol. The molecule has 1 unspecified atom stereocenters. The predicted molar refractivity (Wildman–Crippen MR) is 79.5 cm³/mol. The molecule has 2 nitrogen and oxygen atoms in total. The first-order valence-corrected chi connectivity index (χ1v) is 7.37. The Balaban J connectivity index is 2.13. The summed E-state index contributed by atoms with van der Waals surface area (Å²) in [4.78, 5) is 2.27. The van der Waals surface area contributed by atoms with Gasteiger partial charge < -0.3 is 10.2 Å². The molecule has 1 heterocycles. The average Bonchev–Trinajstić information content (AvgIpc) is 2.53. The Bertz CT molecular complexity index is 423. The van der Waals surface area contributed by atoms with Crippen LogP contribution < -0.4 is 10.2 Å². The molecule has 19 heavy (non-hydrogen) atoms. The van der Waals surface area contributed by atoms with Crippen molar-refractivity contribution >= 4 is 17.3 Å². The van der Waals surface area contributed by atoms with Crippen LogP contribution in [0.2, 0.25) is 5.02 Å². The summed E-state index contributed by atoms with van der Waals surface area (Å²) in [5, 5.41) is 4.09. The van der Waals surface area contributed by atoms with Crippen LogP contribution in [0.3, 0.4) is 0 Å². The third-order valence-corrected chi connectivity index (χ3v) is 3.79. The molecule has 0 amide bonds. The molecule has 2 rings (SSSR count). The van der Waals surface area contributed by atoms with Crippen molar-refractivity contribution in [3.63, 3.8) is 0 Å². The Morgan fingerprint density at radius 1 is 1.47 bits per heavy atom. The quantitative estimate of drug-likeness (QED) is 0.911. The van der Waals surface area contributed by atoms with Crippen molar-refractivity contribution in [2.75, 3.05) is 24.5 Å². The van der Waals surface area contributed by atoms with E-state index in [1.807, 2.05) is 0 Å². The smallest absolute Gasteiger partial charge is 0.124 e. The van der Waals surface area contributed by atoms with Crippen molar-refractivity contribution in [1.29, 1.82) is 0 Å². The largest absolute Gasteiger partial charge is 0.369 e. The van der Waals surface area contributed by atoms with Crippen LogP contribution >= 0.6 is 11.6 Å². The second-order valence-electron chi connectivity index (χ2n) is 5.68. The Morgan fingerprint density at radius 3 is 2.95 bits per heavy atom. The Kier molecular flexibility index (Phi) is 5.06. The molecule has 106 valence electrons. The van der Waals surface area contributed by atoms with Crippen LogP contribution in [0.5, 0.6) is 0 Å². The summed E-state index contributed by atoms with van der Waals surface area (Å²) in [5.41, 5.74) is 0.945. The number of benzene rings is 1. The van der Waals surface area contributed by atoms with Crippen molar-refractivity contribution in [2.24, 2.45) is 5.92 Å². The molecule has 1 saturated heterocycles. The Morgan fingerprint density at radius 2 is 2.26 bits per heavy atom. The van der Waals surface area contributed by atoms with Gasteiger partial charge in [-0.15, -0.1) is 0 Å². The van der Waals surface area contributed by atoms with Crippen LogP contribution in [-0.4, -0.2) is 25.7 Å². The van der Waals surface area contributed by atoms with Crippen LogP contribution in [0.15, 0.2) is 18.2 Å². The molecule has 0 saturated carbocycles. The van der Waals surface area contributed by atoms with Gasteiger partial charge in [0.05, 0.1) is 10.7 Å². The van der Waals surface area contributed by atoms with E-state index in [-0.39, 0.29) is 5.82 Å². The Hall–Kier alpha value is -0.800. The van der Waals surface area contributed by atoms with Crippen molar-refractivity contribution < 1.29 is 4.39 Å². The minimum atomic E-state index is -0.277. The van der Waals surface area contributed by atoms with Gasteiger partial charge in [0.2, 0.25) is 0 Å². The predicted octanol–water partition coefficient (Wildman–Crippen LogP) is 3.69. The van der Waals surface area contributed by atoms with E-state index in [1.54, 1.807) is 6.07 Å². The van der Waals surface area contributed by atoms with Gasteiger partial charge in [-0.1, -0.05) is 25.4 Å². The molecule has 1 aliphatic rings. The molecule has 1 aliphatic heterocycles. The summed E-state index contributed by atoms with van der Waals surface area (Å²) in [5.74, 6) is 0.390. The second kappa shape index (κ2) is 6.58. The summed E-state index contributed by atoms with van der Waals surface area (Å²) in [7, 11) is 0. The van der Waals surface area contributed by atoms with Gasteiger partial charge in [0.25, 0.3) is 0 Å². The third-order valence-electron chi connectivity index (χ3n) is 3.48. The lowest BCUT2D eigenvalue weighted by molar-refractivity contribution is 0.436. The van der Waals surface area contributed by atoms with Gasteiger partial charge in [-0.2, -0.15) is 0 Å². The highest BCUT2D eigenvalue weighted by Crippen LogP contribution is 2.28. The van der Waals surface area contributed by atoms with Crippen LogP contribution in [0.25, 0.3) is 0 Å². The first-order chi connectivity index (χ1) is 9.06. The van der Waals surface area contributed by atoms with E-state index in [1.165, 1.54) is 12.1 Å². The number of anilines is 1. The minimum Gasteiger partial charge on any atom is -0.369 e. The number of halogens is 2. The monoisotopic (exact) mass is 284 g/mol. The van der Waals surface area contributed by atoms with Gasteiger partial charge in [0.1, 0.15) is 5.82 Å². The SMILES string of the molecule is CC(C)CC1CN(c2ccc(F)cc2Cl)CCCN1. The fourth-order valence-corrected chi connectivity index (χ4v) is 2.97. The van der Waals surface area contributed by atoms with E-state index in [9.17, 15) is 4.39 Å². The second-order valence-corrected chi connectivity index (χ2v) is 6.08. The fourth-order valence-electron chi connectivity index (χ4n) is 2.68. The van der Waals surface area contributed by atoms with E-state index in [4.69, 9.17) is 11.6 Å². The molecule has 0 radical (unpaired) electrons. The zero-order valence-electron chi connectivity index (χ0n) is 11.6. The van der Waals surface area contributed by atoms with E-state index in [0.29, 0.717) is 17.0 Å². The first kappa shape index (κ1) is 14.6. The summed E-state index contributed by atoms with van der Waals surface area (Å²) in [6.07, 6.45) is 2.23. The number of rotatable bonds is 3.